The first kappa shape index (κ1) is 19.4. The van der Waals surface area contributed by atoms with Gasteiger partial charge in [-0.25, -0.2) is 9.97 Å². The topological polar surface area (TPSA) is 98.9 Å². The molecule has 5 aromatic rings. The highest BCUT2D eigenvalue weighted by Gasteiger charge is 2.12. The average Bonchev–Trinajstić information content (AvgIpc) is 2.80. The Kier molecular flexibility index (Phi) is 4.59. The third-order valence-corrected chi connectivity index (χ3v) is 5.10. The van der Waals surface area contributed by atoms with Gasteiger partial charge < -0.3 is 5.32 Å². The second-order valence-corrected chi connectivity index (χ2v) is 7.25. The van der Waals surface area contributed by atoms with Crippen LogP contribution < -0.4 is 16.4 Å². The largest absolute Gasteiger partial charge is 0.326 e. The molecule has 0 unspecified atom stereocenters. The van der Waals surface area contributed by atoms with E-state index >= 15 is 0 Å². The molecule has 0 aliphatic heterocycles. The summed E-state index contributed by atoms with van der Waals surface area (Å²) in [5.41, 5.74) is 1.68. The molecule has 0 aliphatic rings. The van der Waals surface area contributed by atoms with Crippen LogP contribution in [0, 0.1) is 0 Å². The van der Waals surface area contributed by atoms with Crippen LogP contribution in [0.15, 0.2) is 88.8 Å². The summed E-state index contributed by atoms with van der Waals surface area (Å²) in [5, 5.41) is 3.36. The van der Waals surface area contributed by atoms with Crippen LogP contribution in [-0.2, 0) is 4.79 Å². The van der Waals surface area contributed by atoms with Gasteiger partial charge in [-0.1, -0.05) is 6.07 Å². The van der Waals surface area contributed by atoms with Crippen molar-refractivity contribution in [3.8, 4) is 11.5 Å². The second kappa shape index (κ2) is 7.59. The van der Waals surface area contributed by atoms with Crippen LogP contribution >= 0.6 is 0 Å². The maximum Gasteiger partial charge on any atom is 0.265 e. The summed E-state index contributed by atoms with van der Waals surface area (Å²) < 4.78 is 2.91. The molecule has 0 spiro atoms. The number of benzene rings is 1. The van der Waals surface area contributed by atoms with E-state index in [0.717, 1.165) is 0 Å². The first-order valence-corrected chi connectivity index (χ1v) is 9.88. The van der Waals surface area contributed by atoms with E-state index in [0.29, 0.717) is 39.0 Å². The smallest absolute Gasteiger partial charge is 0.265 e. The Hall–Kier alpha value is -4.59. The van der Waals surface area contributed by atoms with Gasteiger partial charge in [-0.2, -0.15) is 0 Å². The minimum Gasteiger partial charge on any atom is -0.326 e. The van der Waals surface area contributed by atoms with Gasteiger partial charge in [-0.05, 0) is 54.6 Å². The fourth-order valence-electron chi connectivity index (χ4n) is 3.61. The van der Waals surface area contributed by atoms with E-state index < -0.39 is 0 Å². The number of hydrogen-bond acceptors (Lipinski definition) is 5. The van der Waals surface area contributed by atoms with Gasteiger partial charge in [0.2, 0.25) is 5.91 Å². The Bertz CT molecular complexity index is 1600. The van der Waals surface area contributed by atoms with Gasteiger partial charge in [0.15, 0.2) is 0 Å². The Morgan fingerprint density at radius 3 is 2.12 bits per heavy atom. The lowest BCUT2D eigenvalue weighted by molar-refractivity contribution is -0.114. The number of anilines is 1. The molecule has 0 aliphatic carbocycles. The SMILES string of the molecule is CC(=O)Nc1ccc(-n2ccc3nc4ccn(-c5ccccn5)c(=O)c4cc3c2=O)cc1. The second-order valence-electron chi connectivity index (χ2n) is 7.25. The molecule has 0 fully saturated rings. The molecule has 8 nitrogen and oxygen atoms in total. The summed E-state index contributed by atoms with van der Waals surface area (Å²) in [6, 6.07) is 17.3. The van der Waals surface area contributed by atoms with Crippen LogP contribution in [0.1, 0.15) is 6.92 Å². The molecule has 5 rings (SSSR count). The molecule has 0 atom stereocenters. The van der Waals surface area contributed by atoms with Gasteiger partial charge in [0.25, 0.3) is 11.1 Å². The molecule has 0 saturated heterocycles. The number of fused-ring (bicyclic) bond motifs is 2. The van der Waals surface area contributed by atoms with Gasteiger partial charge in [-0.3, -0.25) is 23.5 Å². The van der Waals surface area contributed by atoms with Crippen LogP contribution in [-0.4, -0.2) is 25.0 Å². The Morgan fingerprint density at radius 2 is 1.50 bits per heavy atom. The van der Waals surface area contributed by atoms with Gasteiger partial charge in [0.05, 0.1) is 21.8 Å². The number of carbonyl (C=O) groups excluding carboxylic acids is 1. The Labute approximate surface area is 181 Å². The van der Waals surface area contributed by atoms with Gasteiger partial charge in [-0.15, -0.1) is 0 Å². The van der Waals surface area contributed by atoms with Crippen molar-refractivity contribution in [2.75, 3.05) is 5.32 Å². The van der Waals surface area contributed by atoms with Crippen LogP contribution in [0.5, 0.6) is 0 Å². The van der Waals surface area contributed by atoms with E-state index in [1.165, 1.54) is 16.1 Å². The van der Waals surface area contributed by atoms with E-state index in [4.69, 9.17) is 0 Å². The molecule has 0 radical (unpaired) electrons. The zero-order valence-corrected chi connectivity index (χ0v) is 17.0. The standard InChI is InChI=1S/C24H17N5O3/c1-15(30)26-16-5-7-17(8-6-16)28-12-9-20-18(23(28)31)14-19-21(27-20)10-13-29(24(19)32)22-4-2-3-11-25-22/h2-14H,1H3,(H,26,30). The lowest BCUT2D eigenvalue weighted by atomic mass is 10.2. The van der Waals surface area contributed by atoms with E-state index in [9.17, 15) is 14.4 Å². The fraction of sp³-hybridized carbons (Fsp3) is 0.0417. The average molecular weight is 423 g/mol. The lowest BCUT2D eigenvalue weighted by Crippen LogP contribution is -2.21. The molecule has 32 heavy (non-hydrogen) atoms. The van der Waals surface area contributed by atoms with Gasteiger partial charge in [0.1, 0.15) is 5.82 Å². The first-order valence-electron chi connectivity index (χ1n) is 9.88. The molecular formula is C24H17N5O3. The molecular weight excluding hydrogens is 406 g/mol. The van der Waals surface area contributed by atoms with Crippen molar-refractivity contribution in [3.05, 3.63) is 100.0 Å². The Morgan fingerprint density at radius 1 is 0.844 bits per heavy atom. The molecule has 8 heteroatoms. The van der Waals surface area contributed by atoms with Crippen LogP contribution in [0.2, 0.25) is 0 Å². The van der Waals surface area contributed by atoms with Crippen molar-refractivity contribution in [1.82, 2.24) is 19.1 Å². The monoisotopic (exact) mass is 423 g/mol. The molecule has 1 aromatic carbocycles. The number of nitrogens with one attached hydrogen (secondary N) is 1. The quantitative estimate of drug-likeness (QED) is 0.450. The number of rotatable bonds is 3. The highest BCUT2D eigenvalue weighted by molar-refractivity contribution is 5.92. The maximum absolute atomic E-state index is 13.2. The minimum atomic E-state index is -0.301. The molecule has 0 saturated carbocycles. The molecule has 4 heterocycles. The first-order chi connectivity index (χ1) is 15.5. The number of pyridine rings is 4. The third-order valence-electron chi connectivity index (χ3n) is 5.10. The van der Waals surface area contributed by atoms with E-state index in [1.807, 2.05) is 0 Å². The van der Waals surface area contributed by atoms with Crippen LogP contribution in [0.25, 0.3) is 33.3 Å². The summed E-state index contributed by atoms with van der Waals surface area (Å²) in [6.45, 7) is 1.43. The van der Waals surface area contributed by atoms with Gasteiger partial charge >= 0.3 is 0 Å². The maximum atomic E-state index is 13.2. The fourth-order valence-corrected chi connectivity index (χ4v) is 3.61. The van der Waals surface area contributed by atoms with Crippen molar-refractivity contribution in [2.45, 2.75) is 6.92 Å². The van der Waals surface area contributed by atoms with E-state index in [1.54, 1.807) is 79.3 Å². The highest BCUT2D eigenvalue weighted by Crippen LogP contribution is 2.17. The molecule has 156 valence electrons. The number of nitrogens with zero attached hydrogens (tertiary/aromatic N) is 4. The summed E-state index contributed by atoms with van der Waals surface area (Å²) in [6.07, 6.45) is 4.89. The normalized spacial score (nSPS) is 11.0. The van der Waals surface area contributed by atoms with E-state index in [2.05, 4.69) is 15.3 Å². The van der Waals surface area contributed by atoms with Crippen molar-refractivity contribution >= 4 is 33.4 Å². The molecule has 1 amide bonds. The molecule has 0 bridgehead atoms. The van der Waals surface area contributed by atoms with E-state index in [-0.39, 0.29) is 17.0 Å². The summed E-state index contributed by atoms with van der Waals surface area (Å²) in [4.78, 5) is 46.3. The molecule has 1 N–H and O–H groups in total. The summed E-state index contributed by atoms with van der Waals surface area (Å²) in [7, 11) is 0. The summed E-state index contributed by atoms with van der Waals surface area (Å²) >= 11 is 0. The van der Waals surface area contributed by atoms with Crippen molar-refractivity contribution in [2.24, 2.45) is 0 Å². The lowest BCUT2D eigenvalue weighted by Gasteiger charge is -2.10. The van der Waals surface area contributed by atoms with Crippen LogP contribution in [0.3, 0.4) is 0 Å². The van der Waals surface area contributed by atoms with Crippen molar-refractivity contribution < 1.29 is 4.79 Å². The number of carbonyl (C=O) groups is 1. The molecule has 4 aromatic heterocycles. The number of hydrogen-bond donors (Lipinski definition) is 1. The minimum absolute atomic E-state index is 0.171. The van der Waals surface area contributed by atoms with Gasteiger partial charge in [0, 0.05) is 36.9 Å². The number of amides is 1. The van der Waals surface area contributed by atoms with Crippen LogP contribution in [0.4, 0.5) is 5.69 Å². The zero-order chi connectivity index (χ0) is 22.2. The third kappa shape index (κ3) is 3.33. The van der Waals surface area contributed by atoms with Crippen molar-refractivity contribution in [1.29, 1.82) is 0 Å². The van der Waals surface area contributed by atoms with Crippen molar-refractivity contribution in [3.63, 3.8) is 0 Å². The highest BCUT2D eigenvalue weighted by atomic mass is 16.1. The predicted molar refractivity (Wildman–Crippen MR) is 123 cm³/mol. The summed E-state index contributed by atoms with van der Waals surface area (Å²) in [5.74, 6) is 0.319. The zero-order valence-electron chi connectivity index (χ0n) is 17.0. The number of aromatic nitrogens is 4. The Balaban J connectivity index is 1.67. The predicted octanol–water partition coefficient (Wildman–Crippen LogP) is 3.04.